The van der Waals surface area contributed by atoms with Gasteiger partial charge in [-0.1, -0.05) is 11.6 Å². The number of nitro groups is 1. The predicted octanol–water partition coefficient (Wildman–Crippen LogP) is 2.32. The standard InChI is InChI=1S/C11H10Cl2N2O5S/c12-10-8(11(16)14-5-6-1-2-6)3-7(15(17)18)4-9(10)21(13,19)20/h3-4,6H,1-2,5H2,(H,14,16). The van der Waals surface area contributed by atoms with E-state index in [9.17, 15) is 23.3 Å². The zero-order chi connectivity index (χ0) is 15.8. The molecule has 1 N–H and O–H groups in total. The first-order chi connectivity index (χ1) is 9.70. The number of non-ortho nitro benzene ring substituents is 1. The summed E-state index contributed by atoms with van der Waals surface area (Å²) in [6.45, 7) is 0.417. The van der Waals surface area contributed by atoms with Crippen molar-refractivity contribution in [3.63, 3.8) is 0 Å². The number of nitrogens with zero attached hydrogens (tertiary/aromatic N) is 1. The third kappa shape index (κ3) is 3.84. The number of nitro benzene ring substituents is 1. The molecule has 10 heteroatoms. The Morgan fingerprint density at radius 3 is 2.52 bits per heavy atom. The van der Waals surface area contributed by atoms with Gasteiger partial charge in [0.25, 0.3) is 20.6 Å². The zero-order valence-corrected chi connectivity index (χ0v) is 12.8. The molecule has 7 nitrogen and oxygen atoms in total. The molecule has 0 atom stereocenters. The first kappa shape index (κ1) is 16.0. The van der Waals surface area contributed by atoms with Crippen LogP contribution in [0.5, 0.6) is 0 Å². The Morgan fingerprint density at radius 2 is 2.05 bits per heavy atom. The average Bonchev–Trinajstić information content (AvgIpc) is 3.18. The molecule has 1 aromatic rings. The van der Waals surface area contributed by atoms with Crippen LogP contribution in [0.3, 0.4) is 0 Å². The molecule has 0 heterocycles. The van der Waals surface area contributed by atoms with Crippen LogP contribution in [0.4, 0.5) is 5.69 Å². The summed E-state index contributed by atoms with van der Waals surface area (Å²) < 4.78 is 22.8. The first-order valence-corrected chi connectivity index (χ1v) is 8.59. The van der Waals surface area contributed by atoms with Crippen LogP contribution in [0.15, 0.2) is 17.0 Å². The number of hydrogen-bond acceptors (Lipinski definition) is 5. The molecule has 21 heavy (non-hydrogen) atoms. The topological polar surface area (TPSA) is 106 Å². The van der Waals surface area contributed by atoms with Crippen molar-refractivity contribution < 1.29 is 18.1 Å². The number of benzene rings is 1. The molecule has 1 amide bonds. The number of hydrogen-bond donors (Lipinski definition) is 1. The van der Waals surface area contributed by atoms with Crippen LogP contribution in [-0.2, 0) is 9.05 Å². The fraction of sp³-hybridized carbons (Fsp3) is 0.364. The van der Waals surface area contributed by atoms with Gasteiger partial charge in [0.05, 0.1) is 15.5 Å². The fourth-order valence-corrected chi connectivity index (χ4v) is 3.25. The van der Waals surface area contributed by atoms with Gasteiger partial charge in [-0.15, -0.1) is 0 Å². The molecule has 0 bridgehead atoms. The molecule has 1 fully saturated rings. The number of nitrogens with one attached hydrogen (secondary N) is 1. The first-order valence-electron chi connectivity index (χ1n) is 5.91. The maximum absolute atomic E-state index is 12.0. The Morgan fingerprint density at radius 1 is 1.43 bits per heavy atom. The van der Waals surface area contributed by atoms with Crippen LogP contribution in [0.1, 0.15) is 23.2 Å². The molecule has 2 rings (SSSR count). The van der Waals surface area contributed by atoms with E-state index in [0.717, 1.165) is 25.0 Å². The Hall–Kier alpha value is -1.38. The van der Waals surface area contributed by atoms with Crippen LogP contribution < -0.4 is 5.32 Å². The van der Waals surface area contributed by atoms with Crippen LogP contribution in [0.2, 0.25) is 5.02 Å². The van der Waals surface area contributed by atoms with E-state index >= 15 is 0 Å². The third-order valence-electron chi connectivity index (χ3n) is 2.99. The molecular weight excluding hydrogens is 343 g/mol. The van der Waals surface area contributed by atoms with Gasteiger partial charge in [0.1, 0.15) is 4.90 Å². The quantitative estimate of drug-likeness (QED) is 0.497. The lowest BCUT2D eigenvalue weighted by atomic mass is 10.2. The Bertz CT molecular complexity index is 716. The number of amides is 1. The van der Waals surface area contributed by atoms with Crippen molar-refractivity contribution >= 4 is 42.9 Å². The highest BCUT2D eigenvalue weighted by Crippen LogP contribution is 2.33. The molecular formula is C11H10Cl2N2O5S. The molecule has 0 spiro atoms. The minimum absolute atomic E-state index is 0.286. The van der Waals surface area contributed by atoms with E-state index in [1.807, 2.05) is 0 Å². The maximum atomic E-state index is 12.0. The summed E-state index contributed by atoms with van der Waals surface area (Å²) in [6.07, 6.45) is 2.01. The maximum Gasteiger partial charge on any atom is 0.271 e. The van der Waals surface area contributed by atoms with E-state index in [2.05, 4.69) is 5.32 Å². The van der Waals surface area contributed by atoms with E-state index < -0.39 is 35.5 Å². The SMILES string of the molecule is O=C(NCC1CC1)c1cc([N+](=O)[O-])cc(S(=O)(=O)Cl)c1Cl. The molecule has 1 aliphatic carbocycles. The van der Waals surface area contributed by atoms with E-state index in [1.165, 1.54) is 0 Å². The number of rotatable bonds is 5. The van der Waals surface area contributed by atoms with Crippen molar-refractivity contribution in [1.82, 2.24) is 5.32 Å². The molecule has 1 aliphatic rings. The van der Waals surface area contributed by atoms with Crippen molar-refractivity contribution in [2.24, 2.45) is 5.92 Å². The predicted molar refractivity (Wildman–Crippen MR) is 76.2 cm³/mol. The Balaban J connectivity index is 2.44. The molecule has 0 aliphatic heterocycles. The largest absolute Gasteiger partial charge is 0.352 e. The third-order valence-corrected chi connectivity index (χ3v) is 4.86. The van der Waals surface area contributed by atoms with Gasteiger partial charge >= 0.3 is 0 Å². The van der Waals surface area contributed by atoms with E-state index in [-0.39, 0.29) is 5.56 Å². The lowest BCUT2D eigenvalue weighted by Gasteiger charge is -2.08. The second-order valence-corrected chi connectivity index (χ2v) is 7.57. The van der Waals surface area contributed by atoms with Crippen LogP contribution in [0, 0.1) is 16.0 Å². The van der Waals surface area contributed by atoms with Gasteiger partial charge in [-0.05, 0) is 18.8 Å². The normalized spacial score (nSPS) is 14.8. The summed E-state index contributed by atoms with van der Waals surface area (Å²) in [5.41, 5.74) is -0.860. The van der Waals surface area contributed by atoms with Gasteiger partial charge in [-0.2, -0.15) is 0 Å². The van der Waals surface area contributed by atoms with Gasteiger partial charge in [0, 0.05) is 29.4 Å². The monoisotopic (exact) mass is 352 g/mol. The summed E-state index contributed by atoms with van der Waals surface area (Å²) in [7, 11) is 0.880. The highest BCUT2D eigenvalue weighted by molar-refractivity contribution is 8.13. The van der Waals surface area contributed by atoms with Crippen LogP contribution in [-0.4, -0.2) is 25.8 Å². The van der Waals surface area contributed by atoms with E-state index in [0.29, 0.717) is 12.5 Å². The van der Waals surface area contributed by atoms with E-state index in [4.69, 9.17) is 22.3 Å². The Labute approximate surface area is 129 Å². The number of halogens is 2. The van der Waals surface area contributed by atoms with Gasteiger partial charge in [-0.3, -0.25) is 14.9 Å². The molecule has 0 saturated heterocycles. The highest BCUT2D eigenvalue weighted by atomic mass is 35.7. The lowest BCUT2D eigenvalue weighted by Crippen LogP contribution is -2.26. The van der Waals surface area contributed by atoms with E-state index in [1.54, 1.807) is 0 Å². The molecule has 0 aromatic heterocycles. The van der Waals surface area contributed by atoms with Crippen molar-refractivity contribution in [3.05, 3.63) is 32.8 Å². The summed E-state index contributed by atoms with van der Waals surface area (Å²) in [5.74, 6) is -0.278. The minimum Gasteiger partial charge on any atom is -0.352 e. The molecule has 1 saturated carbocycles. The van der Waals surface area contributed by atoms with Gasteiger partial charge in [0.2, 0.25) is 0 Å². The summed E-state index contributed by atoms with van der Waals surface area (Å²) >= 11 is 5.85. The molecule has 0 radical (unpaired) electrons. The Kier molecular flexibility index (Phi) is 4.40. The molecule has 0 unspecified atom stereocenters. The smallest absolute Gasteiger partial charge is 0.271 e. The van der Waals surface area contributed by atoms with Gasteiger partial charge < -0.3 is 5.32 Å². The summed E-state index contributed by atoms with van der Waals surface area (Å²) in [6, 6.07) is 1.65. The van der Waals surface area contributed by atoms with Crippen molar-refractivity contribution in [1.29, 1.82) is 0 Å². The van der Waals surface area contributed by atoms with Crippen LogP contribution >= 0.6 is 22.3 Å². The van der Waals surface area contributed by atoms with Crippen molar-refractivity contribution in [3.8, 4) is 0 Å². The van der Waals surface area contributed by atoms with Crippen molar-refractivity contribution in [2.45, 2.75) is 17.7 Å². The van der Waals surface area contributed by atoms with Gasteiger partial charge in [0.15, 0.2) is 0 Å². The second-order valence-electron chi connectivity index (χ2n) is 4.65. The zero-order valence-electron chi connectivity index (χ0n) is 10.5. The average molecular weight is 353 g/mol. The number of carbonyl (C=O) groups is 1. The fourth-order valence-electron chi connectivity index (χ4n) is 1.69. The van der Waals surface area contributed by atoms with Gasteiger partial charge in [-0.25, -0.2) is 8.42 Å². The second kappa shape index (κ2) is 5.78. The molecule has 1 aromatic carbocycles. The lowest BCUT2D eigenvalue weighted by molar-refractivity contribution is -0.385. The number of carbonyl (C=O) groups excluding carboxylic acids is 1. The van der Waals surface area contributed by atoms with Crippen LogP contribution in [0.25, 0.3) is 0 Å². The molecule has 114 valence electrons. The minimum atomic E-state index is -4.31. The van der Waals surface area contributed by atoms with Crippen molar-refractivity contribution in [2.75, 3.05) is 6.54 Å². The summed E-state index contributed by atoms with van der Waals surface area (Å²) in [4.78, 5) is 21.4. The summed E-state index contributed by atoms with van der Waals surface area (Å²) in [5, 5.41) is 13.0. The highest BCUT2D eigenvalue weighted by Gasteiger charge is 2.27.